The third-order valence-corrected chi connectivity index (χ3v) is 3.09. The average Bonchev–Trinajstić information content (AvgIpc) is 2.76. The minimum absolute atomic E-state index is 0.00107. The second kappa shape index (κ2) is 5.22. The third-order valence-electron chi connectivity index (χ3n) is 3.09. The van der Waals surface area contributed by atoms with Gasteiger partial charge in [-0.05, 0) is 19.9 Å². The molecule has 5 nitrogen and oxygen atoms in total. The monoisotopic (exact) mass is 281 g/mol. The summed E-state index contributed by atoms with van der Waals surface area (Å²) in [5.74, 6) is -1.10. The highest BCUT2D eigenvalue weighted by molar-refractivity contribution is 5.99. The van der Waals surface area contributed by atoms with Crippen molar-refractivity contribution in [3.05, 3.63) is 35.3 Å². The molecule has 0 aliphatic heterocycles. The molecule has 0 radical (unpaired) electrons. The summed E-state index contributed by atoms with van der Waals surface area (Å²) in [5, 5.41) is 21.5. The average molecular weight is 281 g/mol. The Bertz CT molecular complexity index is 648. The molecular weight excluding hydrogens is 265 g/mol. The highest BCUT2D eigenvalue weighted by Crippen LogP contribution is 2.27. The van der Waals surface area contributed by atoms with Gasteiger partial charge in [0.05, 0.1) is 6.61 Å². The smallest absolute Gasteiger partial charge is 0.287 e. The maximum atomic E-state index is 13.6. The van der Waals surface area contributed by atoms with Gasteiger partial charge in [0.25, 0.3) is 5.91 Å². The lowest BCUT2D eigenvalue weighted by molar-refractivity contribution is 0.00300. The van der Waals surface area contributed by atoms with Crippen molar-refractivity contribution in [3.63, 3.8) is 0 Å². The van der Waals surface area contributed by atoms with E-state index in [1.54, 1.807) is 19.1 Å². The van der Waals surface area contributed by atoms with Gasteiger partial charge < -0.3 is 19.9 Å². The maximum Gasteiger partial charge on any atom is 0.287 e. The summed E-state index contributed by atoms with van der Waals surface area (Å²) in [6, 6.07) is 4.46. The van der Waals surface area contributed by atoms with Gasteiger partial charge in [0.1, 0.15) is 5.60 Å². The number of aliphatic hydroxyl groups is 2. The zero-order valence-corrected chi connectivity index (χ0v) is 11.2. The molecule has 1 aromatic heterocycles. The lowest BCUT2D eigenvalue weighted by Crippen LogP contribution is -2.43. The highest BCUT2D eigenvalue weighted by Gasteiger charge is 2.23. The van der Waals surface area contributed by atoms with Crippen molar-refractivity contribution in [1.29, 1.82) is 0 Å². The lowest BCUT2D eigenvalue weighted by Gasteiger charge is -2.20. The third kappa shape index (κ3) is 2.66. The van der Waals surface area contributed by atoms with Crippen LogP contribution < -0.4 is 5.32 Å². The summed E-state index contributed by atoms with van der Waals surface area (Å²) < 4.78 is 18.8. The number of hydrogen-bond donors (Lipinski definition) is 3. The molecule has 2 rings (SSSR count). The number of aliphatic hydroxyl groups excluding tert-OH is 1. The van der Waals surface area contributed by atoms with Crippen LogP contribution in [0, 0.1) is 12.7 Å². The van der Waals surface area contributed by atoms with Crippen LogP contribution in [0.3, 0.4) is 0 Å². The number of benzene rings is 1. The maximum absolute atomic E-state index is 13.6. The number of carbonyl (C=O) groups excluding carboxylic acids is 1. The second-order valence-electron chi connectivity index (χ2n) is 5.01. The number of fused-ring (bicyclic) bond motifs is 1. The number of amides is 1. The number of carbonyl (C=O) groups is 1. The molecule has 3 N–H and O–H groups in total. The molecule has 0 bridgehead atoms. The van der Waals surface area contributed by atoms with E-state index < -0.39 is 23.9 Å². The van der Waals surface area contributed by atoms with Crippen LogP contribution in [0.1, 0.15) is 23.0 Å². The van der Waals surface area contributed by atoms with Gasteiger partial charge in [-0.2, -0.15) is 0 Å². The first-order valence-corrected chi connectivity index (χ1v) is 6.15. The fraction of sp³-hybridized carbons (Fsp3) is 0.357. The quantitative estimate of drug-likeness (QED) is 0.790. The molecule has 0 saturated carbocycles. The molecule has 2 aromatic rings. The number of para-hydroxylation sites is 1. The van der Waals surface area contributed by atoms with Gasteiger partial charge >= 0.3 is 0 Å². The minimum atomic E-state index is -1.42. The molecule has 6 heteroatoms. The molecule has 20 heavy (non-hydrogen) atoms. The Balaban J connectivity index is 2.27. The molecule has 0 aliphatic rings. The number of halogens is 1. The minimum Gasteiger partial charge on any atom is -0.448 e. The Morgan fingerprint density at radius 1 is 1.50 bits per heavy atom. The summed E-state index contributed by atoms with van der Waals surface area (Å²) in [7, 11) is 0. The van der Waals surface area contributed by atoms with Crippen molar-refractivity contribution in [3.8, 4) is 0 Å². The number of hydrogen-bond acceptors (Lipinski definition) is 4. The fourth-order valence-electron chi connectivity index (χ4n) is 1.83. The Hall–Kier alpha value is -1.92. The van der Waals surface area contributed by atoms with Crippen molar-refractivity contribution in [1.82, 2.24) is 5.32 Å². The molecule has 0 spiro atoms. The van der Waals surface area contributed by atoms with E-state index in [4.69, 9.17) is 9.52 Å². The van der Waals surface area contributed by atoms with Crippen molar-refractivity contribution < 1.29 is 23.8 Å². The van der Waals surface area contributed by atoms with Crippen LogP contribution in [0.15, 0.2) is 22.6 Å². The highest BCUT2D eigenvalue weighted by atomic mass is 19.1. The predicted molar refractivity (Wildman–Crippen MR) is 71.0 cm³/mol. The van der Waals surface area contributed by atoms with Crippen LogP contribution in [-0.2, 0) is 0 Å². The van der Waals surface area contributed by atoms with E-state index >= 15 is 0 Å². The summed E-state index contributed by atoms with van der Waals surface area (Å²) in [6.07, 6.45) is 0. The second-order valence-corrected chi connectivity index (χ2v) is 5.01. The van der Waals surface area contributed by atoms with Crippen molar-refractivity contribution in [2.45, 2.75) is 19.4 Å². The molecule has 1 unspecified atom stereocenters. The lowest BCUT2D eigenvalue weighted by atomic mass is 10.1. The molecule has 1 amide bonds. The van der Waals surface area contributed by atoms with E-state index in [1.807, 2.05) is 0 Å². The summed E-state index contributed by atoms with van der Waals surface area (Å²) in [6.45, 7) is 2.42. The van der Waals surface area contributed by atoms with Gasteiger partial charge in [-0.1, -0.05) is 12.1 Å². The molecule has 0 aliphatic carbocycles. The molecule has 1 aromatic carbocycles. The standard InChI is InChI=1S/C14H16FNO4/c1-8-9-4-3-5-10(15)12(9)20-11(8)13(18)16-6-14(2,19)7-17/h3-5,17,19H,6-7H2,1-2H3,(H,16,18). The van der Waals surface area contributed by atoms with Crippen molar-refractivity contribution in [2.75, 3.05) is 13.2 Å². The van der Waals surface area contributed by atoms with E-state index in [9.17, 15) is 14.3 Å². The molecule has 108 valence electrons. The first kappa shape index (κ1) is 14.5. The van der Waals surface area contributed by atoms with Gasteiger partial charge in [0, 0.05) is 17.5 Å². The zero-order chi connectivity index (χ0) is 14.9. The van der Waals surface area contributed by atoms with Crippen LogP contribution in [0.5, 0.6) is 0 Å². The Morgan fingerprint density at radius 2 is 2.20 bits per heavy atom. The predicted octanol–water partition coefficient (Wildman–Crippen LogP) is 1.35. The Labute approximate surface area is 115 Å². The van der Waals surface area contributed by atoms with Crippen LogP contribution in [0.2, 0.25) is 0 Å². The Kier molecular flexibility index (Phi) is 3.78. The van der Waals surface area contributed by atoms with Crippen LogP contribution >= 0.6 is 0 Å². The molecule has 1 heterocycles. The van der Waals surface area contributed by atoms with Gasteiger partial charge in [0.2, 0.25) is 0 Å². The first-order chi connectivity index (χ1) is 9.35. The van der Waals surface area contributed by atoms with Gasteiger partial charge in [-0.15, -0.1) is 0 Å². The number of rotatable bonds is 4. The number of nitrogens with one attached hydrogen (secondary N) is 1. The zero-order valence-electron chi connectivity index (χ0n) is 11.2. The summed E-state index contributed by atoms with van der Waals surface area (Å²) in [4.78, 5) is 12.0. The van der Waals surface area contributed by atoms with Crippen LogP contribution in [0.25, 0.3) is 11.0 Å². The summed E-state index contributed by atoms with van der Waals surface area (Å²) >= 11 is 0. The van der Waals surface area contributed by atoms with E-state index in [2.05, 4.69) is 5.32 Å². The normalized spacial score (nSPS) is 14.2. The molecule has 0 saturated heterocycles. The van der Waals surface area contributed by atoms with E-state index in [0.717, 1.165) is 0 Å². The number of furan rings is 1. The number of aryl methyl sites for hydroxylation is 1. The van der Waals surface area contributed by atoms with Crippen molar-refractivity contribution >= 4 is 16.9 Å². The van der Waals surface area contributed by atoms with Gasteiger partial charge in [0.15, 0.2) is 17.2 Å². The van der Waals surface area contributed by atoms with Crippen molar-refractivity contribution in [2.24, 2.45) is 0 Å². The fourth-order valence-corrected chi connectivity index (χ4v) is 1.83. The molecule has 0 fully saturated rings. The van der Waals surface area contributed by atoms with E-state index in [1.165, 1.54) is 13.0 Å². The SMILES string of the molecule is Cc1c(C(=O)NCC(C)(O)CO)oc2c(F)cccc12. The first-order valence-electron chi connectivity index (χ1n) is 6.15. The Morgan fingerprint density at radius 3 is 2.80 bits per heavy atom. The van der Waals surface area contributed by atoms with Gasteiger partial charge in [-0.3, -0.25) is 4.79 Å². The molecular formula is C14H16FNO4. The topological polar surface area (TPSA) is 82.7 Å². The summed E-state index contributed by atoms with van der Waals surface area (Å²) in [5.41, 5.74) is -0.856. The molecule has 1 atom stereocenters. The van der Waals surface area contributed by atoms with E-state index in [0.29, 0.717) is 10.9 Å². The van der Waals surface area contributed by atoms with E-state index in [-0.39, 0.29) is 17.9 Å². The van der Waals surface area contributed by atoms with Crippen LogP contribution in [-0.4, -0.2) is 34.9 Å². The van der Waals surface area contributed by atoms with Crippen LogP contribution in [0.4, 0.5) is 4.39 Å². The largest absolute Gasteiger partial charge is 0.448 e. The van der Waals surface area contributed by atoms with Gasteiger partial charge in [-0.25, -0.2) is 4.39 Å².